The number of fused-ring (bicyclic) bond motifs is 1. The van der Waals surface area contributed by atoms with Crippen LogP contribution in [0.5, 0.6) is 0 Å². The fraction of sp³-hybridized carbons (Fsp3) is 0.500. The molecular formula is C12H16N4O. The third kappa shape index (κ3) is 2.24. The minimum Gasteiger partial charge on any atom is -0.314 e. The lowest BCUT2D eigenvalue weighted by molar-refractivity contribution is 0.394. The van der Waals surface area contributed by atoms with Crippen molar-refractivity contribution >= 4 is 5.65 Å². The van der Waals surface area contributed by atoms with Crippen molar-refractivity contribution in [1.29, 1.82) is 0 Å². The van der Waals surface area contributed by atoms with Gasteiger partial charge in [0.2, 0.25) is 0 Å². The lowest BCUT2D eigenvalue weighted by Crippen LogP contribution is -2.35. The molecule has 90 valence electrons. The lowest BCUT2D eigenvalue weighted by Gasteiger charge is -2.22. The van der Waals surface area contributed by atoms with E-state index in [0.717, 1.165) is 18.8 Å². The Morgan fingerprint density at radius 1 is 1.47 bits per heavy atom. The van der Waals surface area contributed by atoms with Crippen molar-refractivity contribution in [2.45, 2.75) is 31.7 Å². The number of nitrogens with zero attached hydrogens (tertiary/aromatic N) is 2. The van der Waals surface area contributed by atoms with E-state index in [1.54, 1.807) is 16.8 Å². The van der Waals surface area contributed by atoms with Crippen molar-refractivity contribution in [2.75, 3.05) is 6.54 Å². The quantitative estimate of drug-likeness (QED) is 0.801. The summed E-state index contributed by atoms with van der Waals surface area (Å²) in [4.78, 5) is 15.6. The molecule has 1 aliphatic heterocycles. The summed E-state index contributed by atoms with van der Waals surface area (Å²) in [5.41, 5.74) is 0.696. The average molecular weight is 232 g/mol. The molecule has 17 heavy (non-hydrogen) atoms. The van der Waals surface area contributed by atoms with Crippen molar-refractivity contribution in [2.24, 2.45) is 0 Å². The minimum atomic E-state index is -0.00107. The van der Waals surface area contributed by atoms with Gasteiger partial charge >= 0.3 is 0 Å². The van der Waals surface area contributed by atoms with Crippen molar-refractivity contribution < 1.29 is 0 Å². The Morgan fingerprint density at radius 2 is 2.41 bits per heavy atom. The van der Waals surface area contributed by atoms with Gasteiger partial charge in [0.15, 0.2) is 11.1 Å². The summed E-state index contributed by atoms with van der Waals surface area (Å²) >= 11 is 0. The molecule has 5 nitrogen and oxygen atoms in total. The van der Waals surface area contributed by atoms with Crippen LogP contribution in [-0.4, -0.2) is 27.2 Å². The molecule has 0 spiro atoms. The Balaban J connectivity index is 1.82. The Hall–Kier alpha value is -1.62. The molecular weight excluding hydrogens is 216 g/mol. The van der Waals surface area contributed by atoms with Crippen molar-refractivity contribution in [3.8, 4) is 0 Å². The van der Waals surface area contributed by atoms with Gasteiger partial charge in [0, 0.05) is 30.8 Å². The summed E-state index contributed by atoms with van der Waals surface area (Å²) in [6.07, 6.45) is 6.38. The zero-order valence-corrected chi connectivity index (χ0v) is 9.65. The first-order chi connectivity index (χ1) is 8.31. The van der Waals surface area contributed by atoms with Gasteiger partial charge in [-0.15, -0.1) is 0 Å². The van der Waals surface area contributed by atoms with E-state index in [4.69, 9.17) is 0 Å². The molecule has 0 bridgehead atoms. The summed E-state index contributed by atoms with van der Waals surface area (Å²) in [7, 11) is 0. The Labute approximate surface area is 98.9 Å². The second-order valence-electron chi connectivity index (χ2n) is 4.61. The van der Waals surface area contributed by atoms with Crippen LogP contribution in [0.25, 0.3) is 5.65 Å². The third-order valence-corrected chi connectivity index (χ3v) is 3.26. The van der Waals surface area contributed by atoms with Crippen LogP contribution >= 0.6 is 0 Å². The van der Waals surface area contributed by atoms with Gasteiger partial charge in [-0.05, 0) is 19.4 Å². The van der Waals surface area contributed by atoms with Crippen molar-refractivity contribution in [3.63, 3.8) is 0 Å². The predicted molar refractivity (Wildman–Crippen MR) is 65.2 cm³/mol. The number of hydrogen-bond donors (Lipinski definition) is 2. The number of aromatic nitrogens is 3. The first-order valence-corrected chi connectivity index (χ1v) is 6.12. The normalized spacial score (nSPS) is 20.8. The Morgan fingerprint density at radius 3 is 3.24 bits per heavy atom. The summed E-state index contributed by atoms with van der Waals surface area (Å²) in [5, 5.41) is 6.69. The highest BCUT2D eigenvalue weighted by Gasteiger charge is 2.14. The SMILES string of the molecule is O=c1ccn2[nH]c(CC3CCCCN3)nc2c1. The van der Waals surface area contributed by atoms with Crippen LogP contribution in [0.2, 0.25) is 0 Å². The molecule has 0 aromatic carbocycles. The summed E-state index contributed by atoms with van der Waals surface area (Å²) in [6, 6.07) is 3.60. The zero-order chi connectivity index (χ0) is 11.7. The summed E-state index contributed by atoms with van der Waals surface area (Å²) in [6.45, 7) is 1.10. The maximum absolute atomic E-state index is 11.2. The van der Waals surface area contributed by atoms with E-state index in [1.165, 1.54) is 25.3 Å². The van der Waals surface area contributed by atoms with Crippen LogP contribution in [0.1, 0.15) is 25.1 Å². The lowest BCUT2D eigenvalue weighted by atomic mass is 10.0. The van der Waals surface area contributed by atoms with Gasteiger partial charge in [0.05, 0.1) is 0 Å². The molecule has 2 N–H and O–H groups in total. The van der Waals surface area contributed by atoms with Gasteiger partial charge in [-0.25, -0.2) is 9.50 Å². The maximum atomic E-state index is 11.2. The van der Waals surface area contributed by atoms with E-state index in [1.807, 2.05) is 0 Å². The zero-order valence-electron chi connectivity index (χ0n) is 9.65. The molecule has 0 saturated carbocycles. The van der Waals surface area contributed by atoms with Gasteiger partial charge < -0.3 is 5.32 Å². The molecule has 1 fully saturated rings. The topological polar surface area (TPSA) is 62.2 Å². The number of aromatic amines is 1. The van der Waals surface area contributed by atoms with Crippen LogP contribution in [0.15, 0.2) is 23.1 Å². The van der Waals surface area contributed by atoms with Crippen LogP contribution in [0.3, 0.4) is 0 Å². The monoisotopic (exact) mass is 232 g/mol. The van der Waals surface area contributed by atoms with E-state index in [9.17, 15) is 4.79 Å². The minimum absolute atomic E-state index is 0.00107. The van der Waals surface area contributed by atoms with Crippen molar-refractivity contribution in [3.05, 3.63) is 34.4 Å². The maximum Gasteiger partial charge on any atom is 0.183 e. The van der Waals surface area contributed by atoms with E-state index < -0.39 is 0 Å². The fourth-order valence-corrected chi connectivity index (χ4v) is 2.38. The largest absolute Gasteiger partial charge is 0.314 e. The van der Waals surface area contributed by atoms with E-state index >= 15 is 0 Å². The second-order valence-corrected chi connectivity index (χ2v) is 4.61. The van der Waals surface area contributed by atoms with Gasteiger partial charge in [0.1, 0.15) is 5.82 Å². The Bertz CT molecular complexity index is 565. The Kier molecular flexibility index (Phi) is 2.68. The van der Waals surface area contributed by atoms with Gasteiger partial charge in [-0.3, -0.25) is 9.89 Å². The first-order valence-electron chi connectivity index (χ1n) is 6.12. The number of nitrogens with one attached hydrogen (secondary N) is 2. The van der Waals surface area contributed by atoms with E-state index in [0.29, 0.717) is 11.7 Å². The van der Waals surface area contributed by atoms with Crippen LogP contribution in [0, 0.1) is 0 Å². The predicted octanol–water partition coefficient (Wildman–Crippen LogP) is 0.707. The second kappa shape index (κ2) is 4.33. The van der Waals surface area contributed by atoms with Gasteiger partial charge in [-0.1, -0.05) is 6.42 Å². The van der Waals surface area contributed by atoms with E-state index in [-0.39, 0.29) is 5.43 Å². The first kappa shape index (κ1) is 10.5. The highest BCUT2D eigenvalue weighted by molar-refractivity contribution is 5.36. The number of H-pyrrole nitrogens is 1. The highest BCUT2D eigenvalue weighted by atomic mass is 16.1. The molecule has 3 rings (SSSR count). The smallest absolute Gasteiger partial charge is 0.183 e. The third-order valence-electron chi connectivity index (χ3n) is 3.26. The van der Waals surface area contributed by atoms with Crippen LogP contribution < -0.4 is 10.7 Å². The van der Waals surface area contributed by atoms with E-state index in [2.05, 4.69) is 15.4 Å². The summed E-state index contributed by atoms with van der Waals surface area (Å²) in [5.74, 6) is 0.940. The molecule has 5 heteroatoms. The average Bonchev–Trinajstić information content (AvgIpc) is 2.71. The fourth-order valence-electron chi connectivity index (χ4n) is 2.38. The van der Waals surface area contributed by atoms with Gasteiger partial charge in [-0.2, -0.15) is 0 Å². The van der Waals surface area contributed by atoms with Gasteiger partial charge in [0.25, 0.3) is 0 Å². The van der Waals surface area contributed by atoms with Crippen LogP contribution in [0.4, 0.5) is 0 Å². The highest BCUT2D eigenvalue weighted by Crippen LogP contribution is 2.11. The molecule has 0 amide bonds. The molecule has 2 aromatic rings. The molecule has 2 aromatic heterocycles. The standard InChI is InChI=1S/C12H16N4O/c17-10-4-6-16-12(8-10)14-11(15-16)7-9-3-1-2-5-13-9/h4,6,8-9,13H,1-3,5,7H2,(H,14,15). The number of pyridine rings is 1. The molecule has 1 aliphatic rings. The molecule has 3 heterocycles. The molecule has 0 radical (unpaired) electrons. The van der Waals surface area contributed by atoms with Crippen LogP contribution in [-0.2, 0) is 6.42 Å². The molecule has 1 atom stereocenters. The van der Waals surface area contributed by atoms with Crippen molar-refractivity contribution in [1.82, 2.24) is 19.9 Å². The number of rotatable bonds is 2. The summed E-state index contributed by atoms with van der Waals surface area (Å²) < 4.78 is 1.79. The number of piperidine rings is 1. The molecule has 0 aliphatic carbocycles. The number of hydrogen-bond acceptors (Lipinski definition) is 3. The molecule has 1 saturated heterocycles. The molecule has 1 unspecified atom stereocenters.